The Balaban J connectivity index is 1.86. The van der Waals surface area contributed by atoms with Crippen molar-refractivity contribution in [3.8, 4) is 0 Å². The lowest BCUT2D eigenvalue weighted by atomic mass is 10.2. The molecule has 5 heteroatoms. The number of sulfonamides is 1. The summed E-state index contributed by atoms with van der Waals surface area (Å²) in [7, 11) is -3.36. The van der Waals surface area contributed by atoms with Gasteiger partial charge in [-0.05, 0) is 43.0 Å². The molecule has 0 bridgehead atoms. The molecule has 0 aromatic heterocycles. The van der Waals surface area contributed by atoms with Crippen LogP contribution in [0.3, 0.4) is 0 Å². The number of rotatable bonds is 6. The molecule has 2 rings (SSSR count). The van der Waals surface area contributed by atoms with E-state index < -0.39 is 10.0 Å². The smallest absolute Gasteiger partial charge is 0.240 e. The first-order valence-electron chi connectivity index (χ1n) is 5.93. The van der Waals surface area contributed by atoms with Crippen molar-refractivity contribution < 1.29 is 8.42 Å². The van der Waals surface area contributed by atoms with Gasteiger partial charge in [0, 0.05) is 12.2 Å². The minimum absolute atomic E-state index is 0.276. The standard InChI is InChI=1S/C12H18N2O2S/c13-11-5-7-12(8-6-11)17(15,16)14-9-1-2-10-3-4-10/h5-8,10,14H,1-4,9,13H2. The average molecular weight is 254 g/mol. The Kier molecular flexibility index (Phi) is 3.69. The molecule has 1 aliphatic carbocycles. The van der Waals surface area contributed by atoms with E-state index in [0.717, 1.165) is 18.8 Å². The minimum Gasteiger partial charge on any atom is -0.399 e. The third-order valence-electron chi connectivity index (χ3n) is 2.97. The van der Waals surface area contributed by atoms with Crippen LogP contribution in [0.15, 0.2) is 29.2 Å². The van der Waals surface area contributed by atoms with Crippen LogP contribution < -0.4 is 10.5 Å². The molecule has 0 amide bonds. The van der Waals surface area contributed by atoms with Crippen molar-refractivity contribution in [1.29, 1.82) is 0 Å². The first kappa shape index (κ1) is 12.4. The van der Waals surface area contributed by atoms with E-state index in [2.05, 4.69) is 4.72 Å². The maximum absolute atomic E-state index is 11.9. The van der Waals surface area contributed by atoms with Crippen molar-refractivity contribution in [3.63, 3.8) is 0 Å². The molecule has 94 valence electrons. The minimum atomic E-state index is -3.36. The zero-order chi connectivity index (χ0) is 12.3. The molecular formula is C12H18N2O2S. The average Bonchev–Trinajstić information content (AvgIpc) is 3.09. The third kappa shape index (κ3) is 3.71. The number of nitrogens with one attached hydrogen (secondary N) is 1. The van der Waals surface area contributed by atoms with E-state index in [0.29, 0.717) is 12.2 Å². The highest BCUT2D eigenvalue weighted by Crippen LogP contribution is 2.33. The Morgan fingerprint density at radius 1 is 1.24 bits per heavy atom. The van der Waals surface area contributed by atoms with Gasteiger partial charge in [0.2, 0.25) is 10.0 Å². The molecule has 1 aliphatic rings. The number of nitrogen functional groups attached to an aromatic ring is 1. The molecule has 1 fully saturated rings. The first-order chi connectivity index (χ1) is 8.08. The highest BCUT2D eigenvalue weighted by Gasteiger charge is 2.20. The summed E-state index contributed by atoms with van der Waals surface area (Å²) in [4.78, 5) is 0.276. The van der Waals surface area contributed by atoms with Crippen LogP contribution in [-0.2, 0) is 10.0 Å². The number of anilines is 1. The Labute approximate surface area is 102 Å². The highest BCUT2D eigenvalue weighted by atomic mass is 32.2. The van der Waals surface area contributed by atoms with Crippen LogP contribution in [0.1, 0.15) is 25.7 Å². The van der Waals surface area contributed by atoms with Gasteiger partial charge < -0.3 is 5.73 Å². The monoisotopic (exact) mass is 254 g/mol. The van der Waals surface area contributed by atoms with Gasteiger partial charge in [0.25, 0.3) is 0 Å². The maximum atomic E-state index is 11.9. The molecule has 17 heavy (non-hydrogen) atoms. The summed E-state index contributed by atoms with van der Waals surface area (Å²) < 4.78 is 26.3. The van der Waals surface area contributed by atoms with Crippen molar-refractivity contribution in [1.82, 2.24) is 4.72 Å². The zero-order valence-corrected chi connectivity index (χ0v) is 10.5. The van der Waals surface area contributed by atoms with E-state index in [1.54, 1.807) is 12.1 Å². The lowest BCUT2D eigenvalue weighted by Crippen LogP contribution is -2.24. The fourth-order valence-corrected chi connectivity index (χ4v) is 2.81. The van der Waals surface area contributed by atoms with Crippen LogP contribution in [-0.4, -0.2) is 15.0 Å². The van der Waals surface area contributed by atoms with E-state index in [1.807, 2.05) is 0 Å². The first-order valence-corrected chi connectivity index (χ1v) is 7.41. The second kappa shape index (κ2) is 5.06. The van der Waals surface area contributed by atoms with E-state index in [9.17, 15) is 8.42 Å². The Bertz CT molecular complexity index is 464. The van der Waals surface area contributed by atoms with Crippen LogP contribution in [0, 0.1) is 5.92 Å². The highest BCUT2D eigenvalue weighted by molar-refractivity contribution is 7.89. The fourth-order valence-electron chi connectivity index (χ4n) is 1.73. The Morgan fingerprint density at radius 3 is 2.47 bits per heavy atom. The van der Waals surface area contributed by atoms with E-state index in [-0.39, 0.29) is 4.90 Å². The number of nitrogens with two attached hydrogens (primary N) is 1. The molecule has 0 radical (unpaired) electrons. The summed E-state index contributed by atoms with van der Waals surface area (Å²) >= 11 is 0. The predicted octanol–water partition coefficient (Wildman–Crippen LogP) is 1.74. The summed E-state index contributed by atoms with van der Waals surface area (Å²) in [6.45, 7) is 0.517. The van der Waals surface area contributed by atoms with Crippen LogP contribution in [0.2, 0.25) is 0 Å². The second-order valence-electron chi connectivity index (χ2n) is 4.55. The van der Waals surface area contributed by atoms with E-state index in [4.69, 9.17) is 5.73 Å². The van der Waals surface area contributed by atoms with Crippen molar-refractivity contribution in [2.75, 3.05) is 12.3 Å². The lowest BCUT2D eigenvalue weighted by Gasteiger charge is -2.06. The molecule has 0 atom stereocenters. The topological polar surface area (TPSA) is 72.2 Å². The van der Waals surface area contributed by atoms with Gasteiger partial charge in [0.05, 0.1) is 4.90 Å². The van der Waals surface area contributed by atoms with Gasteiger partial charge in [-0.1, -0.05) is 12.8 Å². The molecule has 0 unspecified atom stereocenters. The summed E-state index contributed by atoms with van der Waals surface area (Å²) in [6, 6.07) is 6.24. The quantitative estimate of drug-likeness (QED) is 0.600. The molecule has 1 saturated carbocycles. The number of hydrogen-bond acceptors (Lipinski definition) is 3. The SMILES string of the molecule is Nc1ccc(S(=O)(=O)NCCCC2CC2)cc1. The van der Waals surface area contributed by atoms with Crippen molar-refractivity contribution in [2.24, 2.45) is 5.92 Å². The third-order valence-corrected chi connectivity index (χ3v) is 4.45. The van der Waals surface area contributed by atoms with Gasteiger partial charge in [-0.3, -0.25) is 0 Å². The largest absolute Gasteiger partial charge is 0.399 e. The number of hydrogen-bond donors (Lipinski definition) is 2. The normalized spacial score (nSPS) is 16.0. The summed E-state index contributed by atoms with van der Waals surface area (Å²) in [6.07, 6.45) is 4.67. The van der Waals surface area contributed by atoms with E-state index >= 15 is 0 Å². The van der Waals surface area contributed by atoms with Gasteiger partial charge in [-0.2, -0.15) is 0 Å². The van der Waals surface area contributed by atoms with Crippen LogP contribution in [0.5, 0.6) is 0 Å². The van der Waals surface area contributed by atoms with Gasteiger partial charge in [0.1, 0.15) is 0 Å². The van der Waals surface area contributed by atoms with Crippen molar-refractivity contribution >= 4 is 15.7 Å². The lowest BCUT2D eigenvalue weighted by molar-refractivity contribution is 0.572. The Morgan fingerprint density at radius 2 is 1.88 bits per heavy atom. The van der Waals surface area contributed by atoms with Gasteiger partial charge in [-0.15, -0.1) is 0 Å². The summed E-state index contributed by atoms with van der Waals surface area (Å²) in [5.41, 5.74) is 6.08. The molecule has 0 saturated heterocycles. The molecule has 1 aromatic carbocycles. The van der Waals surface area contributed by atoms with Crippen molar-refractivity contribution in [2.45, 2.75) is 30.6 Å². The molecule has 1 aromatic rings. The molecule has 4 nitrogen and oxygen atoms in total. The van der Waals surface area contributed by atoms with Gasteiger partial charge in [0.15, 0.2) is 0 Å². The van der Waals surface area contributed by atoms with Crippen LogP contribution in [0.25, 0.3) is 0 Å². The van der Waals surface area contributed by atoms with Crippen LogP contribution >= 0.6 is 0 Å². The summed E-state index contributed by atoms with van der Waals surface area (Å²) in [5, 5.41) is 0. The van der Waals surface area contributed by atoms with Crippen molar-refractivity contribution in [3.05, 3.63) is 24.3 Å². The van der Waals surface area contributed by atoms with Gasteiger partial charge in [-0.25, -0.2) is 13.1 Å². The van der Waals surface area contributed by atoms with Crippen LogP contribution in [0.4, 0.5) is 5.69 Å². The van der Waals surface area contributed by atoms with E-state index in [1.165, 1.54) is 25.0 Å². The predicted molar refractivity (Wildman–Crippen MR) is 68.0 cm³/mol. The fraction of sp³-hybridized carbons (Fsp3) is 0.500. The molecule has 0 aliphatic heterocycles. The molecule has 3 N–H and O–H groups in total. The number of benzene rings is 1. The molecule has 0 spiro atoms. The second-order valence-corrected chi connectivity index (χ2v) is 6.32. The van der Waals surface area contributed by atoms with Gasteiger partial charge >= 0.3 is 0 Å². The summed E-state index contributed by atoms with van der Waals surface area (Å²) in [5.74, 6) is 0.844. The molecule has 0 heterocycles. The Hall–Kier alpha value is -1.07. The molecular weight excluding hydrogens is 236 g/mol. The maximum Gasteiger partial charge on any atom is 0.240 e. The zero-order valence-electron chi connectivity index (χ0n) is 9.72.